The Morgan fingerprint density at radius 3 is 1.76 bits per heavy atom. The van der Waals surface area contributed by atoms with Crippen molar-refractivity contribution in [2.75, 3.05) is 0 Å². The number of carbonyl (C=O) groups excluding carboxylic acids is 2. The van der Waals surface area contributed by atoms with Crippen LogP contribution in [0.25, 0.3) is 0 Å². The first-order chi connectivity index (χ1) is 7.75. The van der Waals surface area contributed by atoms with Crippen LogP contribution >= 0.6 is 25.3 Å². The highest BCUT2D eigenvalue weighted by atomic mass is 32.1. The molecule has 0 heterocycles. The molecule has 0 aliphatic rings. The Morgan fingerprint density at radius 1 is 1.00 bits per heavy atom. The van der Waals surface area contributed by atoms with Crippen LogP contribution in [-0.4, -0.2) is 32.4 Å². The summed E-state index contributed by atoms with van der Waals surface area (Å²) in [5.74, 6) is -4.69. The summed E-state index contributed by atoms with van der Waals surface area (Å²) in [4.78, 5) is 43.1. The largest absolute Gasteiger partial charge is 0.481 e. The average molecular weight is 280 g/mol. The fourth-order valence-electron chi connectivity index (χ4n) is 1.23. The van der Waals surface area contributed by atoms with Gasteiger partial charge in [-0.05, 0) is 12.8 Å². The zero-order valence-corrected chi connectivity index (χ0v) is 10.5. The van der Waals surface area contributed by atoms with E-state index in [0.717, 1.165) is 0 Å². The number of carboxylic acids is 2. The van der Waals surface area contributed by atoms with Crippen LogP contribution in [-0.2, 0) is 19.2 Å². The third-order valence-corrected chi connectivity index (χ3v) is 2.80. The molecule has 0 aromatic rings. The lowest BCUT2D eigenvalue weighted by Crippen LogP contribution is -2.25. The molecular formula is C9H12O6S2. The number of carbonyl (C=O) groups is 4. The molecule has 0 aliphatic carbocycles. The Hall–Kier alpha value is -1.02. The van der Waals surface area contributed by atoms with Crippen LogP contribution in [0.5, 0.6) is 0 Å². The summed E-state index contributed by atoms with van der Waals surface area (Å²) in [6.45, 7) is 0. The molecule has 0 saturated heterocycles. The third-order valence-electron chi connectivity index (χ3n) is 2.17. The van der Waals surface area contributed by atoms with Gasteiger partial charge in [0.25, 0.3) is 0 Å². The van der Waals surface area contributed by atoms with Gasteiger partial charge in [0, 0.05) is 6.42 Å². The van der Waals surface area contributed by atoms with Gasteiger partial charge >= 0.3 is 11.9 Å². The maximum atomic E-state index is 11.0. The molecule has 0 aliphatic heterocycles. The van der Waals surface area contributed by atoms with Crippen molar-refractivity contribution in [1.29, 1.82) is 0 Å². The molecule has 0 bridgehead atoms. The van der Waals surface area contributed by atoms with E-state index in [4.69, 9.17) is 10.2 Å². The van der Waals surface area contributed by atoms with Crippen LogP contribution in [0.2, 0.25) is 0 Å². The van der Waals surface area contributed by atoms with Gasteiger partial charge < -0.3 is 10.2 Å². The normalized spacial score (nSPS) is 12.2. The van der Waals surface area contributed by atoms with Crippen LogP contribution < -0.4 is 0 Å². The molecule has 17 heavy (non-hydrogen) atoms. The van der Waals surface area contributed by atoms with E-state index >= 15 is 0 Å². The van der Waals surface area contributed by atoms with Gasteiger partial charge in [-0.2, -0.15) is 0 Å². The molecule has 0 aromatic heterocycles. The molecule has 1 unspecified atom stereocenters. The number of thiol groups is 2. The van der Waals surface area contributed by atoms with Gasteiger partial charge in [0.15, 0.2) is 10.2 Å². The summed E-state index contributed by atoms with van der Waals surface area (Å²) in [5.41, 5.74) is 0. The topological polar surface area (TPSA) is 109 Å². The Labute approximate surface area is 108 Å². The van der Waals surface area contributed by atoms with E-state index in [1.54, 1.807) is 0 Å². The summed E-state index contributed by atoms with van der Waals surface area (Å²) in [5, 5.41) is 15.7. The fourth-order valence-corrected chi connectivity index (χ4v) is 1.78. The van der Waals surface area contributed by atoms with Crippen molar-refractivity contribution in [2.45, 2.75) is 19.3 Å². The van der Waals surface area contributed by atoms with E-state index in [1.165, 1.54) is 0 Å². The first-order valence-electron chi connectivity index (χ1n) is 4.66. The summed E-state index contributed by atoms with van der Waals surface area (Å²) in [7, 11) is 0. The minimum atomic E-state index is -1.25. The molecule has 1 atom stereocenters. The van der Waals surface area contributed by atoms with E-state index in [-0.39, 0.29) is 19.3 Å². The Bertz CT molecular complexity index is 326. The number of hydrogen-bond acceptors (Lipinski definition) is 4. The maximum absolute atomic E-state index is 11.0. The van der Waals surface area contributed by atoms with Gasteiger partial charge in [0.1, 0.15) is 0 Å². The first kappa shape index (κ1) is 16.0. The highest BCUT2D eigenvalue weighted by Crippen LogP contribution is 2.21. The molecular weight excluding hydrogens is 268 g/mol. The standard InChI is InChI=1S/C9H12O6S2/c10-6(11)2-1-4(7(12)13)3-5(8(14)16)9(15)17/h4-5H,1-3H2,(H,10,11)(H,12,13)(H,14,16)(H,15,17). The van der Waals surface area contributed by atoms with Crippen molar-refractivity contribution >= 4 is 47.4 Å². The van der Waals surface area contributed by atoms with Crippen molar-refractivity contribution in [3.05, 3.63) is 0 Å². The molecule has 6 nitrogen and oxygen atoms in total. The van der Waals surface area contributed by atoms with Crippen LogP contribution in [0.4, 0.5) is 0 Å². The summed E-state index contributed by atoms with van der Waals surface area (Å²) >= 11 is 6.93. The van der Waals surface area contributed by atoms with Gasteiger partial charge in [-0.15, -0.1) is 25.3 Å². The van der Waals surface area contributed by atoms with Gasteiger partial charge in [-0.25, -0.2) is 0 Å². The second-order valence-corrected chi connectivity index (χ2v) is 4.31. The van der Waals surface area contributed by atoms with Crippen LogP contribution in [0, 0.1) is 11.8 Å². The third kappa shape index (κ3) is 6.32. The van der Waals surface area contributed by atoms with Gasteiger partial charge in [0.2, 0.25) is 0 Å². The van der Waals surface area contributed by atoms with E-state index in [0.29, 0.717) is 0 Å². The number of carboxylic acid groups (broad SMARTS) is 2. The second-order valence-electron chi connectivity index (χ2n) is 3.43. The van der Waals surface area contributed by atoms with Gasteiger partial charge in [-0.3, -0.25) is 19.2 Å². The number of hydrogen-bond donors (Lipinski definition) is 4. The SMILES string of the molecule is O=C(O)CCC(CC(C(=O)S)C(=O)S)C(=O)O. The molecule has 96 valence electrons. The lowest BCUT2D eigenvalue weighted by Gasteiger charge is -2.15. The minimum absolute atomic E-state index is 0.150. The summed E-state index contributed by atoms with van der Waals surface area (Å²) < 4.78 is 0. The Morgan fingerprint density at radius 2 is 1.47 bits per heavy atom. The second kappa shape index (κ2) is 7.33. The predicted molar refractivity (Wildman–Crippen MR) is 64.1 cm³/mol. The molecule has 2 N–H and O–H groups in total. The Kier molecular flexibility index (Phi) is 6.89. The summed E-state index contributed by atoms with van der Waals surface area (Å²) in [6.07, 6.45) is -0.776. The fraction of sp³-hybridized carbons (Fsp3) is 0.556. The monoisotopic (exact) mass is 280 g/mol. The molecule has 0 saturated carbocycles. The highest BCUT2D eigenvalue weighted by molar-refractivity contribution is 7.99. The zero-order chi connectivity index (χ0) is 13.6. The Balaban J connectivity index is 4.61. The molecule has 0 radical (unpaired) electrons. The van der Waals surface area contributed by atoms with Crippen molar-refractivity contribution in [3.8, 4) is 0 Å². The lowest BCUT2D eigenvalue weighted by atomic mass is 9.92. The molecule has 0 spiro atoms. The quantitative estimate of drug-likeness (QED) is 0.380. The van der Waals surface area contributed by atoms with Crippen LogP contribution in [0.15, 0.2) is 0 Å². The molecule has 0 fully saturated rings. The van der Waals surface area contributed by atoms with E-state index in [9.17, 15) is 19.2 Å². The molecule has 8 heteroatoms. The van der Waals surface area contributed by atoms with Gasteiger partial charge in [0.05, 0.1) is 11.8 Å². The van der Waals surface area contributed by atoms with Crippen molar-refractivity contribution in [3.63, 3.8) is 0 Å². The summed E-state index contributed by atoms with van der Waals surface area (Å²) in [6, 6.07) is 0. The van der Waals surface area contributed by atoms with Crippen LogP contribution in [0.3, 0.4) is 0 Å². The predicted octanol–water partition coefficient (Wildman–Crippen LogP) is 0.471. The minimum Gasteiger partial charge on any atom is -0.481 e. The molecule has 0 aromatic carbocycles. The zero-order valence-electron chi connectivity index (χ0n) is 8.70. The average Bonchev–Trinajstić information content (AvgIpc) is 2.15. The van der Waals surface area contributed by atoms with E-state index < -0.39 is 34.0 Å². The number of rotatable bonds is 8. The van der Waals surface area contributed by atoms with Gasteiger partial charge in [-0.1, -0.05) is 0 Å². The maximum Gasteiger partial charge on any atom is 0.306 e. The van der Waals surface area contributed by atoms with Crippen molar-refractivity contribution in [2.24, 2.45) is 11.8 Å². The van der Waals surface area contributed by atoms with Crippen molar-refractivity contribution < 1.29 is 29.4 Å². The van der Waals surface area contributed by atoms with E-state index in [1.807, 2.05) is 0 Å². The van der Waals surface area contributed by atoms with Crippen molar-refractivity contribution in [1.82, 2.24) is 0 Å². The smallest absolute Gasteiger partial charge is 0.306 e. The van der Waals surface area contributed by atoms with E-state index in [2.05, 4.69) is 25.3 Å². The molecule has 0 rings (SSSR count). The van der Waals surface area contributed by atoms with Crippen LogP contribution in [0.1, 0.15) is 19.3 Å². The number of aliphatic carboxylic acids is 2. The molecule has 0 amide bonds. The highest BCUT2D eigenvalue weighted by Gasteiger charge is 2.29. The lowest BCUT2D eigenvalue weighted by molar-refractivity contribution is -0.143. The first-order valence-corrected chi connectivity index (χ1v) is 5.55.